The largest absolute Gasteiger partial charge is 0.494 e. The number of benzene rings is 1. The van der Waals surface area contributed by atoms with Crippen molar-refractivity contribution in [3.63, 3.8) is 0 Å². The zero-order chi connectivity index (χ0) is 14.5. The van der Waals surface area contributed by atoms with Gasteiger partial charge in [-0.2, -0.15) is 5.10 Å². The summed E-state index contributed by atoms with van der Waals surface area (Å²) in [7, 11) is 1.39. The fourth-order valence-corrected chi connectivity index (χ4v) is 1.79. The Morgan fingerprint density at radius 2 is 2.35 bits per heavy atom. The predicted octanol–water partition coefficient (Wildman–Crippen LogP) is 1.37. The first-order chi connectivity index (χ1) is 9.60. The van der Waals surface area contributed by atoms with Crippen LogP contribution in [0, 0.1) is 5.82 Å². The summed E-state index contributed by atoms with van der Waals surface area (Å²) in [5, 5.41) is 9.14. The monoisotopic (exact) mass is 278 g/mol. The smallest absolute Gasteiger partial charge is 0.225 e. The molecule has 0 aliphatic heterocycles. The number of hydrogen-bond donors (Lipinski definition) is 2. The molecule has 7 heteroatoms. The average Bonchev–Trinajstić information content (AvgIpc) is 2.92. The molecule has 1 aromatic carbocycles. The van der Waals surface area contributed by atoms with Crippen LogP contribution in [-0.4, -0.2) is 28.2 Å². The number of ether oxygens (including phenoxy) is 1. The summed E-state index contributed by atoms with van der Waals surface area (Å²) in [5.74, 6) is 0.0167. The molecule has 20 heavy (non-hydrogen) atoms. The van der Waals surface area contributed by atoms with Gasteiger partial charge in [0, 0.05) is 0 Å². The van der Waals surface area contributed by atoms with Crippen LogP contribution < -0.4 is 10.1 Å². The number of rotatable bonds is 5. The van der Waals surface area contributed by atoms with Crippen LogP contribution in [0.15, 0.2) is 24.5 Å². The average molecular weight is 278 g/mol. The Morgan fingerprint density at radius 3 is 2.95 bits per heavy atom. The minimum absolute atomic E-state index is 0.0827. The van der Waals surface area contributed by atoms with Gasteiger partial charge < -0.3 is 10.1 Å². The highest BCUT2D eigenvalue weighted by molar-refractivity contribution is 5.78. The van der Waals surface area contributed by atoms with Crippen LogP contribution in [0.4, 0.5) is 4.39 Å². The highest BCUT2D eigenvalue weighted by Crippen LogP contribution is 2.18. The molecule has 2 aromatic rings. The fourth-order valence-electron chi connectivity index (χ4n) is 1.79. The van der Waals surface area contributed by atoms with Gasteiger partial charge in [0.25, 0.3) is 0 Å². The van der Waals surface area contributed by atoms with Crippen LogP contribution in [0.1, 0.15) is 24.4 Å². The zero-order valence-electron chi connectivity index (χ0n) is 11.2. The van der Waals surface area contributed by atoms with Gasteiger partial charge in [0.2, 0.25) is 5.91 Å². The number of carbonyl (C=O) groups is 1. The Balaban J connectivity index is 1.96. The molecule has 0 fully saturated rings. The molecular weight excluding hydrogens is 263 g/mol. The SMILES string of the molecule is COc1ccc(CC(=O)NC(C)c2ncn[nH]2)cc1F. The number of H-pyrrole nitrogens is 1. The molecule has 0 aliphatic carbocycles. The van der Waals surface area contributed by atoms with Gasteiger partial charge in [-0.3, -0.25) is 9.89 Å². The van der Waals surface area contributed by atoms with Crippen LogP contribution in [-0.2, 0) is 11.2 Å². The lowest BCUT2D eigenvalue weighted by Crippen LogP contribution is -2.28. The third-order valence-electron chi connectivity index (χ3n) is 2.80. The number of halogens is 1. The van der Waals surface area contributed by atoms with E-state index in [1.54, 1.807) is 13.0 Å². The van der Waals surface area contributed by atoms with Crippen LogP contribution >= 0.6 is 0 Å². The van der Waals surface area contributed by atoms with Crippen molar-refractivity contribution in [1.29, 1.82) is 0 Å². The summed E-state index contributed by atoms with van der Waals surface area (Å²) in [6.45, 7) is 1.78. The molecule has 1 unspecified atom stereocenters. The minimum Gasteiger partial charge on any atom is -0.494 e. The van der Waals surface area contributed by atoms with E-state index in [-0.39, 0.29) is 24.1 Å². The molecule has 1 heterocycles. The summed E-state index contributed by atoms with van der Waals surface area (Å²) in [5.41, 5.74) is 0.575. The lowest BCUT2D eigenvalue weighted by molar-refractivity contribution is -0.121. The molecular formula is C13H15FN4O2. The molecule has 1 amide bonds. The van der Waals surface area contributed by atoms with E-state index in [1.165, 1.54) is 25.6 Å². The fraction of sp³-hybridized carbons (Fsp3) is 0.308. The van der Waals surface area contributed by atoms with Gasteiger partial charge in [-0.05, 0) is 24.6 Å². The van der Waals surface area contributed by atoms with E-state index in [4.69, 9.17) is 4.74 Å². The van der Waals surface area contributed by atoms with E-state index in [0.29, 0.717) is 11.4 Å². The molecule has 0 radical (unpaired) electrons. The Kier molecular flexibility index (Phi) is 4.29. The Morgan fingerprint density at radius 1 is 1.55 bits per heavy atom. The Hall–Kier alpha value is -2.44. The minimum atomic E-state index is -0.485. The van der Waals surface area contributed by atoms with Crippen molar-refractivity contribution in [3.05, 3.63) is 41.7 Å². The van der Waals surface area contributed by atoms with Gasteiger partial charge in [-0.1, -0.05) is 6.07 Å². The molecule has 1 atom stereocenters. The Labute approximate surface area is 115 Å². The van der Waals surface area contributed by atoms with E-state index >= 15 is 0 Å². The normalized spacial score (nSPS) is 11.9. The molecule has 0 saturated heterocycles. The lowest BCUT2D eigenvalue weighted by Gasteiger charge is -2.11. The van der Waals surface area contributed by atoms with Crippen molar-refractivity contribution in [2.24, 2.45) is 0 Å². The van der Waals surface area contributed by atoms with E-state index in [2.05, 4.69) is 20.5 Å². The number of amides is 1. The molecule has 0 spiro atoms. The molecule has 0 aliphatic rings. The zero-order valence-corrected chi connectivity index (χ0v) is 11.2. The van der Waals surface area contributed by atoms with Gasteiger partial charge in [0.05, 0.1) is 19.6 Å². The van der Waals surface area contributed by atoms with E-state index in [9.17, 15) is 9.18 Å². The van der Waals surface area contributed by atoms with Gasteiger partial charge in [0.15, 0.2) is 11.6 Å². The number of nitrogens with zero attached hydrogens (tertiary/aromatic N) is 2. The summed E-state index contributed by atoms with van der Waals surface area (Å²) >= 11 is 0. The highest BCUT2D eigenvalue weighted by Gasteiger charge is 2.13. The van der Waals surface area contributed by atoms with E-state index < -0.39 is 5.82 Å². The number of aromatic amines is 1. The van der Waals surface area contributed by atoms with Crippen molar-refractivity contribution in [1.82, 2.24) is 20.5 Å². The van der Waals surface area contributed by atoms with Crippen LogP contribution in [0.3, 0.4) is 0 Å². The van der Waals surface area contributed by atoms with Gasteiger partial charge >= 0.3 is 0 Å². The number of methoxy groups -OCH3 is 1. The Bertz CT molecular complexity index is 586. The number of carbonyl (C=O) groups excluding carboxylic acids is 1. The number of hydrogen-bond acceptors (Lipinski definition) is 4. The second-order valence-corrected chi connectivity index (χ2v) is 4.31. The van der Waals surface area contributed by atoms with E-state index in [1.807, 2.05) is 0 Å². The van der Waals surface area contributed by atoms with Crippen LogP contribution in [0.25, 0.3) is 0 Å². The van der Waals surface area contributed by atoms with Crippen LogP contribution in [0.5, 0.6) is 5.75 Å². The van der Waals surface area contributed by atoms with Gasteiger partial charge in [0.1, 0.15) is 12.2 Å². The highest BCUT2D eigenvalue weighted by atomic mass is 19.1. The molecule has 106 valence electrons. The van der Waals surface area contributed by atoms with Crippen molar-refractivity contribution < 1.29 is 13.9 Å². The third-order valence-corrected chi connectivity index (χ3v) is 2.80. The first-order valence-corrected chi connectivity index (χ1v) is 6.07. The number of aromatic nitrogens is 3. The standard InChI is InChI=1S/C13H15FN4O2/c1-8(13-15-7-16-18-13)17-12(19)6-9-3-4-11(20-2)10(14)5-9/h3-5,7-8H,6H2,1-2H3,(H,17,19)(H,15,16,18). The maximum Gasteiger partial charge on any atom is 0.225 e. The van der Waals surface area contributed by atoms with Crippen LogP contribution in [0.2, 0.25) is 0 Å². The summed E-state index contributed by atoms with van der Waals surface area (Å²) in [6, 6.07) is 4.16. The molecule has 2 rings (SSSR count). The molecule has 2 N–H and O–H groups in total. The molecule has 0 bridgehead atoms. The first kappa shape index (κ1) is 14.0. The quantitative estimate of drug-likeness (QED) is 0.865. The van der Waals surface area contributed by atoms with E-state index in [0.717, 1.165) is 0 Å². The summed E-state index contributed by atoms with van der Waals surface area (Å²) in [4.78, 5) is 15.8. The second-order valence-electron chi connectivity index (χ2n) is 4.31. The molecule has 6 nitrogen and oxygen atoms in total. The maximum absolute atomic E-state index is 13.5. The maximum atomic E-state index is 13.5. The number of nitrogens with one attached hydrogen (secondary N) is 2. The molecule has 1 aromatic heterocycles. The van der Waals surface area contributed by atoms with Gasteiger partial charge in [-0.15, -0.1) is 0 Å². The topological polar surface area (TPSA) is 79.9 Å². The predicted molar refractivity (Wildman–Crippen MR) is 69.6 cm³/mol. The van der Waals surface area contributed by atoms with Crippen molar-refractivity contribution in [3.8, 4) is 5.75 Å². The van der Waals surface area contributed by atoms with Crippen molar-refractivity contribution in [2.45, 2.75) is 19.4 Å². The second kappa shape index (κ2) is 6.14. The lowest BCUT2D eigenvalue weighted by atomic mass is 10.1. The van der Waals surface area contributed by atoms with Gasteiger partial charge in [-0.25, -0.2) is 9.37 Å². The first-order valence-electron chi connectivity index (χ1n) is 6.07. The van der Waals surface area contributed by atoms with Crippen molar-refractivity contribution in [2.75, 3.05) is 7.11 Å². The molecule has 0 saturated carbocycles. The van der Waals surface area contributed by atoms with Crippen molar-refractivity contribution >= 4 is 5.91 Å². The summed E-state index contributed by atoms with van der Waals surface area (Å²) in [6.07, 6.45) is 1.45. The third kappa shape index (κ3) is 3.31. The summed E-state index contributed by atoms with van der Waals surface area (Å²) < 4.78 is 18.3.